The molecule has 2 saturated heterocycles. The van der Waals surface area contributed by atoms with Gasteiger partial charge in [-0.3, -0.25) is 14.4 Å². The van der Waals surface area contributed by atoms with E-state index < -0.39 is 35.1 Å². The Hall–Kier alpha value is -1.93. The van der Waals surface area contributed by atoms with Crippen molar-refractivity contribution in [3.63, 3.8) is 0 Å². The molecule has 0 aromatic heterocycles. The van der Waals surface area contributed by atoms with Gasteiger partial charge in [-0.1, -0.05) is 31.9 Å². The van der Waals surface area contributed by atoms with E-state index in [9.17, 15) is 14.4 Å². The first-order chi connectivity index (χ1) is 16.1. The molecule has 8 heteroatoms. The van der Waals surface area contributed by atoms with E-state index in [1.807, 2.05) is 39.8 Å². The summed E-state index contributed by atoms with van der Waals surface area (Å²) in [5, 5.41) is 6.28. The van der Waals surface area contributed by atoms with Gasteiger partial charge in [0.2, 0.25) is 17.7 Å². The molecule has 190 valence electrons. The van der Waals surface area contributed by atoms with Crippen molar-refractivity contribution in [1.29, 1.82) is 0 Å². The molecule has 1 aliphatic carbocycles. The number of ether oxygens (including phenoxy) is 2. The van der Waals surface area contributed by atoms with Gasteiger partial charge in [0.1, 0.15) is 11.6 Å². The molecule has 3 aliphatic heterocycles. The summed E-state index contributed by atoms with van der Waals surface area (Å²) in [5.41, 5.74) is -1.57. The first-order valence-electron chi connectivity index (χ1n) is 13.0. The maximum atomic E-state index is 13.8. The first kappa shape index (κ1) is 25.2. The van der Waals surface area contributed by atoms with Crippen molar-refractivity contribution in [2.75, 3.05) is 19.8 Å². The molecule has 2 bridgehead atoms. The van der Waals surface area contributed by atoms with Gasteiger partial charge in [0.15, 0.2) is 0 Å². The predicted octanol–water partition coefficient (Wildman–Crippen LogP) is 2.17. The SMILES string of the molecule is CCOCCCN1C(=O)[C@@H]2[C@H](C(=O)N[C@@H]3CCCC[C@@H]3C)[C@H]3C=C[C@@]2(O3)[C@H]1C(=O)NC(C)(C)C. The van der Waals surface area contributed by atoms with Crippen molar-refractivity contribution < 1.29 is 23.9 Å². The van der Waals surface area contributed by atoms with Gasteiger partial charge in [-0.05, 0) is 52.9 Å². The van der Waals surface area contributed by atoms with Crippen LogP contribution in [0.15, 0.2) is 12.2 Å². The van der Waals surface area contributed by atoms with Crippen LogP contribution in [0.25, 0.3) is 0 Å². The van der Waals surface area contributed by atoms with E-state index >= 15 is 0 Å². The summed E-state index contributed by atoms with van der Waals surface area (Å²) in [6.07, 6.45) is 8.23. The average Bonchev–Trinajstić information content (AvgIpc) is 3.39. The standard InChI is InChI=1S/C26H41N3O5/c1-6-33-15-9-14-29-21(23(31)28-25(3,4)5)26-13-12-18(34-26)19(20(26)24(29)32)22(30)27-17-11-8-7-10-16(17)2/h12-13,16-21H,6-11,14-15H2,1-5H3,(H,27,30)(H,28,31)/t16-,17+,18+,19+,20-,21+,26-/m0/s1. The third-order valence-corrected chi connectivity index (χ3v) is 7.75. The molecular formula is C26H41N3O5. The number of carbonyl (C=O) groups excluding carboxylic acids is 3. The molecule has 0 radical (unpaired) electrons. The van der Waals surface area contributed by atoms with Crippen LogP contribution in [0.5, 0.6) is 0 Å². The van der Waals surface area contributed by atoms with Crippen molar-refractivity contribution in [2.45, 2.75) is 96.1 Å². The molecular weight excluding hydrogens is 434 g/mol. The Morgan fingerprint density at radius 3 is 2.65 bits per heavy atom. The van der Waals surface area contributed by atoms with Crippen LogP contribution >= 0.6 is 0 Å². The molecule has 4 rings (SSSR count). The Morgan fingerprint density at radius 1 is 1.24 bits per heavy atom. The van der Waals surface area contributed by atoms with E-state index in [0.717, 1.165) is 19.3 Å². The van der Waals surface area contributed by atoms with E-state index in [2.05, 4.69) is 17.6 Å². The lowest BCUT2D eigenvalue weighted by Gasteiger charge is -2.34. The Kier molecular flexibility index (Phi) is 7.11. The van der Waals surface area contributed by atoms with E-state index in [0.29, 0.717) is 32.1 Å². The van der Waals surface area contributed by atoms with E-state index in [-0.39, 0.29) is 23.8 Å². The molecule has 3 amide bonds. The molecule has 0 aromatic carbocycles. The van der Waals surface area contributed by atoms with Gasteiger partial charge < -0.3 is 25.0 Å². The third-order valence-electron chi connectivity index (χ3n) is 7.75. The quantitative estimate of drug-likeness (QED) is 0.414. The normalized spacial score (nSPS) is 36.6. The number of hydrogen-bond acceptors (Lipinski definition) is 5. The average molecular weight is 476 g/mol. The second kappa shape index (κ2) is 9.61. The molecule has 1 saturated carbocycles. The number of hydrogen-bond donors (Lipinski definition) is 2. The van der Waals surface area contributed by atoms with Crippen LogP contribution in [0.1, 0.15) is 66.7 Å². The molecule has 3 heterocycles. The number of rotatable bonds is 8. The minimum atomic E-state index is -1.11. The summed E-state index contributed by atoms with van der Waals surface area (Å²) in [6, 6.07) is -0.683. The van der Waals surface area contributed by atoms with Crippen molar-refractivity contribution in [2.24, 2.45) is 17.8 Å². The van der Waals surface area contributed by atoms with E-state index in [1.54, 1.807) is 4.90 Å². The maximum Gasteiger partial charge on any atom is 0.246 e. The van der Waals surface area contributed by atoms with E-state index in [4.69, 9.17) is 9.47 Å². The molecule has 0 unspecified atom stereocenters. The highest BCUT2D eigenvalue weighted by molar-refractivity contribution is 6.00. The highest BCUT2D eigenvalue weighted by atomic mass is 16.5. The fourth-order valence-electron chi connectivity index (χ4n) is 6.24. The van der Waals surface area contributed by atoms with Gasteiger partial charge in [0, 0.05) is 31.3 Å². The predicted molar refractivity (Wildman–Crippen MR) is 128 cm³/mol. The molecule has 34 heavy (non-hydrogen) atoms. The number of amides is 3. The second-order valence-corrected chi connectivity index (χ2v) is 11.4. The Bertz CT molecular complexity index is 837. The summed E-state index contributed by atoms with van der Waals surface area (Å²) in [4.78, 5) is 42.5. The van der Waals surface area contributed by atoms with Crippen LogP contribution in [0.2, 0.25) is 0 Å². The smallest absolute Gasteiger partial charge is 0.246 e. The number of nitrogens with one attached hydrogen (secondary N) is 2. The Labute approximate surface area is 203 Å². The molecule has 8 nitrogen and oxygen atoms in total. The van der Waals surface area contributed by atoms with Crippen molar-refractivity contribution in [3.05, 3.63) is 12.2 Å². The number of likely N-dealkylation sites (tertiary alicyclic amines) is 1. The van der Waals surface area contributed by atoms with Crippen molar-refractivity contribution in [3.8, 4) is 0 Å². The Balaban J connectivity index is 1.59. The minimum Gasteiger partial charge on any atom is -0.382 e. The number of fused-ring (bicyclic) bond motifs is 1. The monoisotopic (exact) mass is 475 g/mol. The lowest BCUT2D eigenvalue weighted by Crippen LogP contribution is -2.58. The highest BCUT2D eigenvalue weighted by Gasteiger charge is 2.72. The summed E-state index contributed by atoms with van der Waals surface area (Å²) in [7, 11) is 0. The first-order valence-corrected chi connectivity index (χ1v) is 13.0. The second-order valence-electron chi connectivity index (χ2n) is 11.4. The maximum absolute atomic E-state index is 13.8. The lowest BCUT2D eigenvalue weighted by atomic mass is 9.73. The summed E-state index contributed by atoms with van der Waals surface area (Å²) in [6.45, 7) is 11.4. The largest absolute Gasteiger partial charge is 0.382 e. The van der Waals surface area contributed by atoms with Crippen LogP contribution in [-0.4, -0.2) is 71.7 Å². The lowest BCUT2D eigenvalue weighted by molar-refractivity contribution is -0.142. The molecule has 4 aliphatic rings. The highest BCUT2D eigenvalue weighted by Crippen LogP contribution is 2.55. The fourth-order valence-corrected chi connectivity index (χ4v) is 6.24. The molecule has 3 fully saturated rings. The van der Waals surface area contributed by atoms with Crippen LogP contribution in [0, 0.1) is 17.8 Å². The zero-order valence-electron chi connectivity index (χ0n) is 21.3. The molecule has 1 spiro atoms. The van der Waals surface area contributed by atoms with Crippen LogP contribution in [0.4, 0.5) is 0 Å². The summed E-state index contributed by atoms with van der Waals surface area (Å²) < 4.78 is 11.8. The Morgan fingerprint density at radius 2 is 1.97 bits per heavy atom. The van der Waals surface area contributed by atoms with Crippen molar-refractivity contribution in [1.82, 2.24) is 15.5 Å². The van der Waals surface area contributed by atoms with E-state index in [1.165, 1.54) is 6.42 Å². The van der Waals surface area contributed by atoms with Crippen LogP contribution in [-0.2, 0) is 23.9 Å². The van der Waals surface area contributed by atoms with Gasteiger partial charge in [0.25, 0.3) is 0 Å². The van der Waals surface area contributed by atoms with Crippen LogP contribution in [0.3, 0.4) is 0 Å². The van der Waals surface area contributed by atoms with Gasteiger partial charge in [-0.2, -0.15) is 0 Å². The zero-order chi connectivity index (χ0) is 24.7. The molecule has 0 aromatic rings. The molecule has 2 N–H and O–H groups in total. The zero-order valence-corrected chi connectivity index (χ0v) is 21.3. The van der Waals surface area contributed by atoms with Gasteiger partial charge >= 0.3 is 0 Å². The summed E-state index contributed by atoms with van der Waals surface area (Å²) >= 11 is 0. The van der Waals surface area contributed by atoms with Gasteiger partial charge in [0.05, 0.1) is 17.9 Å². The fraction of sp³-hybridized carbons (Fsp3) is 0.808. The van der Waals surface area contributed by atoms with Gasteiger partial charge in [-0.15, -0.1) is 0 Å². The molecule has 7 atom stereocenters. The topological polar surface area (TPSA) is 97.0 Å². The van der Waals surface area contributed by atoms with Gasteiger partial charge in [-0.25, -0.2) is 0 Å². The third kappa shape index (κ3) is 4.51. The van der Waals surface area contributed by atoms with Crippen LogP contribution < -0.4 is 10.6 Å². The number of carbonyl (C=O) groups is 3. The number of nitrogens with zero attached hydrogens (tertiary/aromatic N) is 1. The summed E-state index contributed by atoms with van der Waals surface area (Å²) in [5.74, 6) is -1.43. The van der Waals surface area contributed by atoms with Crippen molar-refractivity contribution >= 4 is 17.7 Å². The minimum absolute atomic E-state index is 0.124.